The summed E-state index contributed by atoms with van der Waals surface area (Å²) in [5.41, 5.74) is 4.62. The van der Waals surface area contributed by atoms with Crippen LogP contribution in [0.3, 0.4) is 0 Å². The van der Waals surface area contributed by atoms with Crippen molar-refractivity contribution in [3.05, 3.63) is 58.1 Å². The van der Waals surface area contributed by atoms with Gasteiger partial charge < -0.3 is 10.6 Å². The highest BCUT2D eigenvalue weighted by Gasteiger charge is 2.32. The smallest absolute Gasteiger partial charge is 0.240 e. The molecule has 140 valence electrons. The number of benzene rings is 2. The van der Waals surface area contributed by atoms with Crippen LogP contribution in [0.4, 0.5) is 11.4 Å². The fourth-order valence-corrected chi connectivity index (χ4v) is 3.72. The van der Waals surface area contributed by atoms with E-state index in [1.165, 1.54) is 11.8 Å². The van der Waals surface area contributed by atoms with Gasteiger partial charge in [0.2, 0.25) is 11.8 Å². The second-order valence-corrected chi connectivity index (χ2v) is 8.10. The molecule has 1 atom stereocenters. The Balaban J connectivity index is 1.63. The zero-order chi connectivity index (χ0) is 19.6. The number of carbonyl (C=O) groups is 2. The number of thioether (sulfide) groups is 1. The van der Waals surface area contributed by atoms with Crippen LogP contribution in [0.15, 0.2) is 41.4 Å². The van der Waals surface area contributed by atoms with Gasteiger partial charge >= 0.3 is 0 Å². The van der Waals surface area contributed by atoms with Crippen LogP contribution >= 0.6 is 23.4 Å². The maximum atomic E-state index is 12.3. The summed E-state index contributed by atoms with van der Waals surface area (Å²) in [6.07, 6.45) is 0.0805. The number of hydrogen-bond acceptors (Lipinski definition) is 4. The standard InChI is InChI=1S/C20H20ClN3O2S/c1-11-4-6-14(8-13(11)3)22-18(25)10-17-19(26)24-20(27-17)23-15-7-5-12(2)16(21)9-15/h4-9,17H,10H2,1-3H3,(H,22,25)(H,23,24,26)/t17-/m1/s1. The molecule has 0 saturated carbocycles. The first-order valence-electron chi connectivity index (χ1n) is 8.51. The molecular formula is C20H20ClN3O2S. The molecule has 3 rings (SSSR count). The number of amides is 2. The largest absolute Gasteiger partial charge is 0.326 e. The first kappa shape index (κ1) is 19.5. The minimum atomic E-state index is -0.504. The van der Waals surface area contributed by atoms with Crippen LogP contribution in [0, 0.1) is 20.8 Å². The lowest BCUT2D eigenvalue weighted by Crippen LogP contribution is -2.28. The fraction of sp³-hybridized carbons (Fsp3) is 0.250. The van der Waals surface area contributed by atoms with Crippen molar-refractivity contribution in [3.8, 4) is 0 Å². The molecule has 0 radical (unpaired) electrons. The number of anilines is 1. The molecule has 0 aromatic heterocycles. The molecule has 1 fully saturated rings. The molecule has 1 saturated heterocycles. The Morgan fingerprint density at radius 1 is 1.15 bits per heavy atom. The molecule has 0 unspecified atom stereocenters. The van der Waals surface area contributed by atoms with Gasteiger partial charge in [0, 0.05) is 17.1 Å². The minimum Gasteiger partial charge on any atom is -0.326 e. The lowest BCUT2D eigenvalue weighted by molar-refractivity contribution is -0.122. The summed E-state index contributed by atoms with van der Waals surface area (Å²) in [5, 5.41) is 6.16. The minimum absolute atomic E-state index is 0.0805. The summed E-state index contributed by atoms with van der Waals surface area (Å²) in [7, 11) is 0. The summed E-state index contributed by atoms with van der Waals surface area (Å²) < 4.78 is 0. The first-order valence-corrected chi connectivity index (χ1v) is 9.77. The van der Waals surface area contributed by atoms with Crippen LogP contribution in [0.25, 0.3) is 0 Å². The van der Waals surface area contributed by atoms with Crippen LogP contribution in [0.5, 0.6) is 0 Å². The van der Waals surface area contributed by atoms with Crippen LogP contribution < -0.4 is 10.6 Å². The van der Waals surface area contributed by atoms with E-state index in [9.17, 15) is 9.59 Å². The molecule has 7 heteroatoms. The number of amidine groups is 1. The number of nitrogens with one attached hydrogen (secondary N) is 2. The number of aryl methyl sites for hydroxylation is 3. The molecule has 0 spiro atoms. The number of nitrogens with zero attached hydrogens (tertiary/aromatic N) is 1. The highest BCUT2D eigenvalue weighted by molar-refractivity contribution is 8.15. The quantitative estimate of drug-likeness (QED) is 0.791. The zero-order valence-corrected chi connectivity index (χ0v) is 16.9. The summed E-state index contributed by atoms with van der Waals surface area (Å²) in [6, 6.07) is 11.2. The predicted octanol–water partition coefficient (Wildman–Crippen LogP) is 4.51. The van der Waals surface area contributed by atoms with E-state index in [0.717, 1.165) is 22.4 Å². The lowest BCUT2D eigenvalue weighted by atomic mass is 10.1. The van der Waals surface area contributed by atoms with Crippen molar-refractivity contribution in [1.29, 1.82) is 0 Å². The van der Waals surface area contributed by atoms with Gasteiger partial charge in [-0.3, -0.25) is 9.59 Å². The summed E-state index contributed by atoms with van der Waals surface area (Å²) >= 11 is 7.36. The molecule has 1 heterocycles. The van der Waals surface area contributed by atoms with Gasteiger partial charge in [-0.2, -0.15) is 0 Å². The van der Waals surface area contributed by atoms with Crippen LogP contribution in [0.1, 0.15) is 23.1 Å². The van der Waals surface area contributed by atoms with Crippen LogP contribution in [-0.4, -0.2) is 22.2 Å². The molecule has 5 nitrogen and oxygen atoms in total. The predicted molar refractivity (Wildman–Crippen MR) is 112 cm³/mol. The van der Waals surface area contributed by atoms with E-state index in [4.69, 9.17) is 11.6 Å². The van der Waals surface area contributed by atoms with Gasteiger partial charge in [-0.25, -0.2) is 4.99 Å². The van der Waals surface area contributed by atoms with Gasteiger partial charge in [-0.1, -0.05) is 35.5 Å². The monoisotopic (exact) mass is 401 g/mol. The van der Waals surface area contributed by atoms with Crippen molar-refractivity contribution >= 4 is 51.7 Å². The molecular weight excluding hydrogens is 382 g/mol. The van der Waals surface area contributed by atoms with Crippen LogP contribution in [0.2, 0.25) is 5.02 Å². The van der Waals surface area contributed by atoms with E-state index in [1.54, 1.807) is 6.07 Å². The number of hydrogen-bond donors (Lipinski definition) is 2. The molecule has 2 aromatic rings. The number of aliphatic imine (C=N–C) groups is 1. The van der Waals surface area contributed by atoms with Crippen LogP contribution in [-0.2, 0) is 9.59 Å². The SMILES string of the molecule is Cc1ccc(NC(=O)C[C@H]2SC(=Nc3ccc(C)c(Cl)c3)NC2=O)cc1C. The third-order valence-corrected chi connectivity index (χ3v) is 5.81. The first-order chi connectivity index (χ1) is 12.8. The van der Waals surface area contributed by atoms with Gasteiger partial charge in [0.05, 0.1) is 5.69 Å². The van der Waals surface area contributed by atoms with Crippen molar-refractivity contribution in [1.82, 2.24) is 5.32 Å². The second kappa shape index (κ2) is 8.15. The number of rotatable bonds is 4. The summed E-state index contributed by atoms with van der Waals surface area (Å²) in [5.74, 6) is -0.419. The molecule has 2 aromatic carbocycles. The van der Waals surface area contributed by atoms with Gasteiger partial charge in [0.15, 0.2) is 5.17 Å². The van der Waals surface area contributed by atoms with Crippen molar-refractivity contribution < 1.29 is 9.59 Å². The van der Waals surface area contributed by atoms with Gasteiger partial charge in [-0.05, 0) is 61.7 Å². The highest BCUT2D eigenvalue weighted by Crippen LogP contribution is 2.28. The van der Waals surface area contributed by atoms with E-state index >= 15 is 0 Å². The Hall–Kier alpha value is -2.31. The maximum absolute atomic E-state index is 12.3. The Bertz CT molecular complexity index is 943. The van der Waals surface area contributed by atoms with E-state index in [1.807, 2.05) is 51.1 Å². The highest BCUT2D eigenvalue weighted by atomic mass is 35.5. The average molecular weight is 402 g/mol. The van der Waals surface area contributed by atoms with E-state index < -0.39 is 5.25 Å². The second-order valence-electron chi connectivity index (χ2n) is 6.50. The van der Waals surface area contributed by atoms with Crippen molar-refractivity contribution in [2.24, 2.45) is 4.99 Å². The molecule has 1 aliphatic heterocycles. The van der Waals surface area contributed by atoms with E-state index in [-0.39, 0.29) is 18.2 Å². The van der Waals surface area contributed by atoms with Gasteiger partial charge in [0.1, 0.15) is 5.25 Å². The van der Waals surface area contributed by atoms with Crippen molar-refractivity contribution in [3.63, 3.8) is 0 Å². The normalized spacial score (nSPS) is 17.9. The van der Waals surface area contributed by atoms with E-state index in [0.29, 0.717) is 15.9 Å². The van der Waals surface area contributed by atoms with Gasteiger partial charge in [-0.15, -0.1) is 0 Å². The summed E-state index contributed by atoms with van der Waals surface area (Å²) in [6.45, 7) is 5.92. The molecule has 0 aliphatic carbocycles. The third-order valence-electron chi connectivity index (χ3n) is 4.32. The lowest BCUT2D eigenvalue weighted by Gasteiger charge is -2.09. The molecule has 1 aliphatic rings. The molecule has 0 bridgehead atoms. The fourth-order valence-electron chi connectivity index (χ4n) is 2.56. The topological polar surface area (TPSA) is 70.6 Å². The Morgan fingerprint density at radius 3 is 2.59 bits per heavy atom. The Labute approximate surface area is 167 Å². The third kappa shape index (κ3) is 4.90. The average Bonchev–Trinajstić information content (AvgIpc) is 2.93. The number of halogens is 1. The molecule has 27 heavy (non-hydrogen) atoms. The molecule has 2 N–H and O–H groups in total. The molecule has 2 amide bonds. The van der Waals surface area contributed by atoms with Crippen molar-refractivity contribution in [2.75, 3.05) is 5.32 Å². The summed E-state index contributed by atoms with van der Waals surface area (Å²) in [4.78, 5) is 28.9. The van der Waals surface area contributed by atoms with Gasteiger partial charge in [0.25, 0.3) is 0 Å². The maximum Gasteiger partial charge on any atom is 0.240 e. The Morgan fingerprint density at radius 2 is 1.89 bits per heavy atom. The zero-order valence-electron chi connectivity index (χ0n) is 15.3. The van der Waals surface area contributed by atoms with E-state index in [2.05, 4.69) is 15.6 Å². The van der Waals surface area contributed by atoms with Crippen molar-refractivity contribution in [2.45, 2.75) is 32.4 Å². The number of carbonyl (C=O) groups excluding carboxylic acids is 2. The Kier molecular flexibility index (Phi) is 5.87.